The summed E-state index contributed by atoms with van der Waals surface area (Å²) in [5, 5.41) is 9.18. The number of anilines is 1. The molecule has 1 heterocycles. The second kappa shape index (κ2) is 10.6. The van der Waals surface area contributed by atoms with Gasteiger partial charge in [-0.25, -0.2) is 5.26 Å². The van der Waals surface area contributed by atoms with Crippen LogP contribution >= 0.6 is 0 Å². The first-order valence-electron chi connectivity index (χ1n) is 9.01. The lowest BCUT2D eigenvalue weighted by atomic mass is 9.43. The van der Waals surface area contributed by atoms with Gasteiger partial charge in [-0.2, -0.15) is 0 Å². The van der Waals surface area contributed by atoms with E-state index in [0.717, 1.165) is 50.7 Å². The third-order valence-corrected chi connectivity index (χ3v) is 5.55. The lowest BCUT2D eigenvalue weighted by Crippen LogP contribution is -2.48. The van der Waals surface area contributed by atoms with Crippen molar-refractivity contribution in [3.05, 3.63) is 29.8 Å². The third kappa shape index (κ3) is 6.33. The molecule has 26 heavy (non-hydrogen) atoms. The molecule has 1 amide bonds. The molecule has 1 aliphatic rings. The molecular weight excluding hydrogens is 347 g/mol. The van der Waals surface area contributed by atoms with E-state index in [9.17, 15) is 14.6 Å². The topological polar surface area (TPSA) is 82.4 Å². The molecule has 0 aromatic heterocycles. The molecule has 0 saturated carbocycles. The summed E-state index contributed by atoms with van der Waals surface area (Å²) in [5.41, 5.74) is 2.08. The normalized spacial score (nSPS) is 19.0. The molecule has 6 nitrogen and oxygen atoms in total. The van der Waals surface area contributed by atoms with Gasteiger partial charge in [-0.05, 0) is 56.8 Å². The number of carbonyl (C=O) groups excluding carboxylic acids is 1. The lowest BCUT2D eigenvalue weighted by Gasteiger charge is -2.36. The molecule has 8 heteroatoms. The Morgan fingerprint density at radius 2 is 2.23 bits per heavy atom. The number of nitriles is 1. The van der Waals surface area contributed by atoms with Crippen molar-refractivity contribution in [1.29, 1.82) is 5.26 Å². The molecule has 1 aromatic rings. The van der Waals surface area contributed by atoms with E-state index in [2.05, 4.69) is 22.6 Å². The molecule has 2 atom stereocenters. The van der Waals surface area contributed by atoms with Crippen molar-refractivity contribution in [3.8, 4) is 5.97 Å². The van der Waals surface area contributed by atoms with E-state index < -0.39 is 11.4 Å². The Hall–Kier alpha value is -1.53. The van der Waals surface area contributed by atoms with Crippen molar-refractivity contribution < 1.29 is 9.35 Å². The second-order valence-electron chi connectivity index (χ2n) is 6.86. The van der Waals surface area contributed by atoms with E-state index in [1.807, 2.05) is 24.3 Å². The van der Waals surface area contributed by atoms with E-state index >= 15 is 0 Å². The first-order chi connectivity index (χ1) is 12.5. The van der Waals surface area contributed by atoms with Crippen LogP contribution in [0.25, 0.3) is 0 Å². The lowest BCUT2D eigenvalue weighted by molar-refractivity contribution is -0.107. The highest BCUT2D eigenvalue weighted by Crippen LogP contribution is 2.21. The van der Waals surface area contributed by atoms with Gasteiger partial charge in [0, 0.05) is 42.1 Å². The SMILES string of the molecule is CN1CCB(C#N)CC1CN(C=O)c1ccc(CCCN[S+](C)[O-])cc1. The molecule has 1 saturated heterocycles. The molecule has 1 aliphatic heterocycles. The van der Waals surface area contributed by atoms with Crippen LogP contribution in [0, 0.1) is 11.2 Å². The van der Waals surface area contributed by atoms with Crippen LogP contribution in [0.4, 0.5) is 5.69 Å². The van der Waals surface area contributed by atoms with Crippen molar-refractivity contribution in [3.63, 3.8) is 0 Å². The van der Waals surface area contributed by atoms with Crippen LogP contribution in [0.5, 0.6) is 0 Å². The largest absolute Gasteiger partial charge is 0.598 e. The number of hydrogen-bond donors (Lipinski definition) is 1. The number of amides is 1. The van der Waals surface area contributed by atoms with Gasteiger partial charge in [0.15, 0.2) is 0 Å². The zero-order valence-electron chi connectivity index (χ0n) is 15.6. The fourth-order valence-corrected chi connectivity index (χ4v) is 3.73. The van der Waals surface area contributed by atoms with Gasteiger partial charge in [0.05, 0.1) is 0 Å². The van der Waals surface area contributed by atoms with Crippen molar-refractivity contribution in [2.45, 2.75) is 31.5 Å². The Balaban J connectivity index is 1.90. The number of nitrogens with zero attached hydrogens (tertiary/aromatic N) is 3. The summed E-state index contributed by atoms with van der Waals surface area (Å²) in [4.78, 5) is 15.6. The van der Waals surface area contributed by atoms with E-state index in [1.54, 1.807) is 11.2 Å². The van der Waals surface area contributed by atoms with Gasteiger partial charge in [-0.3, -0.25) is 4.79 Å². The number of hydrogen-bond acceptors (Lipinski definition) is 5. The number of nitrogens with one attached hydrogen (secondary N) is 1. The molecule has 1 fully saturated rings. The quantitative estimate of drug-likeness (QED) is 0.305. The fourth-order valence-electron chi connectivity index (χ4n) is 3.30. The van der Waals surface area contributed by atoms with Crippen LogP contribution in [-0.4, -0.2) is 61.6 Å². The van der Waals surface area contributed by atoms with Gasteiger partial charge in [0.25, 0.3) is 6.71 Å². The molecule has 1 N–H and O–H groups in total. The van der Waals surface area contributed by atoms with Crippen molar-refractivity contribution in [2.75, 3.05) is 37.8 Å². The third-order valence-electron chi connectivity index (χ3n) is 4.94. The zero-order valence-corrected chi connectivity index (χ0v) is 16.4. The molecule has 0 aliphatic carbocycles. The van der Waals surface area contributed by atoms with Crippen molar-refractivity contribution in [1.82, 2.24) is 9.62 Å². The van der Waals surface area contributed by atoms with Gasteiger partial charge < -0.3 is 14.4 Å². The summed E-state index contributed by atoms with van der Waals surface area (Å²) in [7, 11) is 2.06. The Morgan fingerprint density at radius 1 is 1.50 bits per heavy atom. The Labute approximate surface area is 159 Å². The van der Waals surface area contributed by atoms with Gasteiger partial charge >= 0.3 is 0 Å². The smallest absolute Gasteiger partial charge is 0.270 e. The first kappa shape index (κ1) is 20.8. The fraction of sp³-hybridized carbons (Fsp3) is 0.556. The minimum absolute atomic E-state index is 0.0816. The average Bonchev–Trinajstić information content (AvgIpc) is 2.65. The van der Waals surface area contributed by atoms with Crippen LogP contribution in [-0.2, 0) is 22.6 Å². The Bertz CT molecular complexity index is 608. The van der Waals surface area contributed by atoms with Crippen LogP contribution in [0.2, 0.25) is 12.6 Å². The maximum Gasteiger partial charge on any atom is 0.270 e. The molecule has 0 bridgehead atoms. The summed E-state index contributed by atoms with van der Waals surface area (Å²) < 4.78 is 13.9. The molecular formula is C18H27BN4O2S. The van der Waals surface area contributed by atoms with E-state index in [-0.39, 0.29) is 12.8 Å². The maximum atomic E-state index is 11.6. The van der Waals surface area contributed by atoms with Crippen LogP contribution in [0.15, 0.2) is 24.3 Å². The van der Waals surface area contributed by atoms with E-state index in [1.165, 1.54) is 5.56 Å². The molecule has 140 valence electrons. The number of carbonyl (C=O) groups is 1. The van der Waals surface area contributed by atoms with Crippen LogP contribution in [0.3, 0.4) is 0 Å². The van der Waals surface area contributed by atoms with Crippen LogP contribution < -0.4 is 9.62 Å². The maximum absolute atomic E-state index is 11.6. The molecule has 0 radical (unpaired) electrons. The monoisotopic (exact) mass is 374 g/mol. The molecule has 2 rings (SSSR count). The summed E-state index contributed by atoms with van der Waals surface area (Å²) >= 11 is -0.965. The Morgan fingerprint density at radius 3 is 2.85 bits per heavy atom. The number of rotatable bonds is 9. The van der Waals surface area contributed by atoms with Crippen molar-refractivity contribution in [2.24, 2.45) is 0 Å². The highest BCUT2D eigenvalue weighted by atomic mass is 32.2. The highest BCUT2D eigenvalue weighted by molar-refractivity contribution is 7.88. The molecule has 1 aromatic carbocycles. The minimum Gasteiger partial charge on any atom is -0.598 e. The van der Waals surface area contributed by atoms with E-state index in [4.69, 9.17) is 0 Å². The molecule has 2 unspecified atom stereocenters. The predicted octanol–water partition coefficient (Wildman–Crippen LogP) is 1.34. The number of benzene rings is 1. The van der Waals surface area contributed by atoms with E-state index in [0.29, 0.717) is 6.54 Å². The van der Waals surface area contributed by atoms with Gasteiger partial charge in [0.2, 0.25) is 6.41 Å². The van der Waals surface area contributed by atoms with Crippen molar-refractivity contribution >= 4 is 30.2 Å². The minimum atomic E-state index is -0.965. The van der Waals surface area contributed by atoms with Gasteiger partial charge in [-0.15, -0.1) is 4.72 Å². The summed E-state index contributed by atoms with van der Waals surface area (Å²) in [6, 6.07) is 8.23. The number of likely N-dealkylation sites (N-methyl/N-ethyl adjacent to an activating group) is 1. The number of aryl methyl sites for hydroxylation is 1. The first-order valence-corrected chi connectivity index (χ1v) is 10.6. The predicted molar refractivity (Wildman–Crippen MR) is 108 cm³/mol. The average molecular weight is 374 g/mol. The van der Waals surface area contributed by atoms with Gasteiger partial charge in [0.1, 0.15) is 6.26 Å². The zero-order chi connectivity index (χ0) is 18.9. The Kier molecular flexibility index (Phi) is 8.46. The van der Waals surface area contributed by atoms with Crippen LogP contribution in [0.1, 0.15) is 12.0 Å². The summed E-state index contributed by atoms with van der Waals surface area (Å²) in [6.45, 7) is 2.30. The second-order valence-corrected chi connectivity index (χ2v) is 8.06. The van der Waals surface area contributed by atoms with Gasteiger partial charge in [-0.1, -0.05) is 12.1 Å². The highest BCUT2D eigenvalue weighted by Gasteiger charge is 2.30. The standard InChI is InChI=1S/C18H27BN4O2S/c1-22-11-9-19(14-20)12-18(22)13-23(15-24)17-7-5-16(6-8-17)4-3-10-21-26(2)25/h5-8,15,18,21H,3-4,9-13H2,1-2H3. The molecule has 0 spiro atoms. The summed E-state index contributed by atoms with van der Waals surface area (Å²) in [5.74, 6) is 2.37. The summed E-state index contributed by atoms with van der Waals surface area (Å²) in [6.07, 6.45) is 6.03.